The molecule has 0 saturated carbocycles. The summed E-state index contributed by atoms with van der Waals surface area (Å²) in [7, 11) is 0. The van der Waals surface area contributed by atoms with Crippen LogP contribution in [0.15, 0.2) is 0 Å². The van der Waals surface area contributed by atoms with Gasteiger partial charge in [-0.3, -0.25) is 4.79 Å². The fraction of sp³-hybridized carbons (Fsp3) is 0.889. The van der Waals surface area contributed by atoms with Crippen molar-refractivity contribution in [2.24, 2.45) is 5.92 Å². The van der Waals surface area contributed by atoms with Gasteiger partial charge in [0.2, 0.25) is 5.91 Å². The van der Waals surface area contributed by atoms with Crippen molar-refractivity contribution in [2.75, 3.05) is 13.1 Å². The maximum Gasteiger partial charge on any atom is 0.234 e. The molecule has 2 N–H and O–H groups in total. The summed E-state index contributed by atoms with van der Waals surface area (Å²) in [4.78, 5) is 10.9. The molecule has 1 aliphatic rings. The van der Waals surface area contributed by atoms with Crippen molar-refractivity contribution < 1.29 is 4.79 Å². The Labute approximate surface area is 73.9 Å². The van der Waals surface area contributed by atoms with Crippen molar-refractivity contribution in [3.05, 3.63) is 0 Å². The normalized spacial score (nSPS) is 24.2. The number of hydrogen-bond acceptors (Lipinski definition) is 2. The second kappa shape index (κ2) is 4.45. The van der Waals surface area contributed by atoms with Crippen LogP contribution in [-0.2, 0) is 4.79 Å². The average molecular weight is 170 g/mol. The number of amides is 1. The maximum absolute atomic E-state index is 10.9. The van der Waals surface area contributed by atoms with Crippen LogP contribution < -0.4 is 10.6 Å². The van der Waals surface area contributed by atoms with Crippen molar-refractivity contribution in [1.29, 1.82) is 0 Å². The lowest BCUT2D eigenvalue weighted by atomic mass is 10.0. The second-order valence-corrected chi connectivity index (χ2v) is 3.87. The van der Waals surface area contributed by atoms with Gasteiger partial charge in [-0.05, 0) is 18.8 Å². The van der Waals surface area contributed by atoms with Gasteiger partial charge in [-0.1, -0.05) is 13.8 Å². The van der Waals surface area contributed by atoms with Gasteiger partial charge in [0.05, 0.1) is 6.54 Å². The molecule has 0 aliphatic carbocycles. The van der Waals surface area contributed by atoms with Crippen LogP contribution in [0.2, 0.25) is 0 Å². The van der Waals surface area contributed by atoms with E-state index in [1.54, 1.807) is 0 Å². The Kier molecular flexibility index (Phi) is 3.53. The topological polar surface area (TPSA) is 41.1 Å². The van der Waals surface area contributed by atoms with Crippen LogP contribution in [0.1, 0.15) is 26.7 Å². The second-order valence-electron chi connectivity index (χ2n) is 3.87. The molecule has 1 rings (SSSR count). The number of carbonyl (C=O) groups is 1. The third-order valence-electron chi connectivity index (χ3n) is 2.13. The molecular formula is C9H18N2O. The third-order valence-corrected chi connectivity index (χ3v) is 2.13. The van der Waals surface area contributed by atoms with Crippen LogP contribution in [-0.4, -0.2) is 25.0 Å². The van der Waals surface area contributed by atoms with Crippen LogP contribution >= 0.6 is 0 Å². The molecule has 1 atom stereocenters. The number of nitrogens with one attached hydrogen (secondary N) is 2. The molecular weight excluding hydrogens is 152 g/mol. The van der Waals surface area contributed by atoms with E-state index in [1.165, 1.54) is 6.42 Å². The van der Waals surface area contributed by atoms with E-state index in [0.29, 0.717) is 12.6 Å². The zero-order valence-corrected chi connectivity index (χ0v) is 7.89. The third kappa shape index (κ3) is 3.22. The highest BCUT2D eigenvalue weighted by Gasteiger charge is 2.16. The number of rotatable bonds is 3. The number of carbonyl (C=O) groups excluding carboxylic acids is 1. The smallest absolute Gasteiger partial charge is 0.234 e. The van der Waals surface area contributed by atoms with Crippen molar-refractivity contribution in [3.8, 4) is 0 Å². The van der Waals surface area contributed by atoms with Crippen LogP contribution in [0.25, 0.3) is 0 Å². The van der Waals surface area contributed by atoms with E-state index < -0.39 is 0 Å². The van der Waals surface area contributed by atoms with Crippen LogP contribution in [0, 0.1) is 5.92 Å². The van der Waals surface area contributed by atoms with Gasteiger partial charge < -0.3 is 10.6 Å². The first-order valence-electron chi connectivity index (χ1n) is 4.68. The lowest BCUT2D eigenvalue weighted by molar-refractivity contribution is -0.122. The molecule has 1 aliphatic heterocycles. The molecule has 12 heavy (non-hydrogen) atoms. The Hall–Kier alpha value is -0.570. The number of hydrogen-bond donors (Lipinski definition) is 2. The van der Waals surface area contributed by atoms with Gasteiger partial charge in [0, 0.05) is 12.6 Å². The van der Waals surface area contributed by atoms with E-state index in [-0.39, 0.29) is 5.91 Å². The predicted molar refractivity (Wildman–Crippen MR) is 48.9 cm³/mol. The molecule has 0 aromatic rings. The lowest BCUT2D eigenvalue weighted by Gasteiger charge is -2.24. The van der Waals surface area contributed by atoms with E-state index in [1.807, 2.05) is 0 Å². The molecule has 0 bridgehead atoms. The molecule has 1 unspecified atom stereocenters. The van der Waals surface area contributed by atoms with E-state index in [4.69, 9.17) is 0 Å². The Balaban J connectivity index is 2.18. The minimum atomic E-state index is 0.134. The monoisotopic (exact) mass is 170 g/mol. The molecule has 3 heteroatoms. The Morgan fingerprint density at radius 2 is 2.33 bits per heavy atom. The van der Waals surface area contributed by atoms with Gasteiger partial charge in [-0.2, -0.15) is 0 Å². The molecule has 3 nitrogen and oxygen atoms in total. The number of piperazine rings is 1. The van der Waals surface area contributed by atoms with E-state index >= 15 is 0 Å². The van der Waals surface area contributed by atoms with Gasteiger partial charge >= 0.3 is 0 Å². The SMILES string of the molecule is CC(C)CCC1CNCC(=O)N1. The molecule has 1 heterocycles. The summed E-state index contributed by atoms with van der Waals surface area (Å²) in [6, 6.07) is 0.355. The van der Waals surface area contributed by atoms with Crippen molar-refractivity contribution in [3.63, 3.8) is 0 Å². The Morgan fingerprint density at radius 3 is 2.92 bits per heavy atom. The van der Waals surface area contributed by atoms with E-state index in [2.05, 4.69) is 24.5 Å². The quantitative estimate of drug-likeness (QED) is 0.648. The Morgan fingerprint density at radius 1 is 1.58 bits per heavy atom. The Bertz CT molecular complexity index is 157. The predicted octanol–water partition coefficient (Wildman–Crippen LogP) is 0.511. The summed E-state index contributed by atoms with van der Waals surface area (Å²) in [5.74, 6) is 0.860. The highest BCUT2D eigenvalue weighted by molar-refractivity contribution is 5.79. The van der Waals surface area contributed by atoms with Crippen molar-refractivity contribution in [2.45, 2.75) is 32.7 Å². The summed E-state index contributed by atoms with van der Waals surface area (Å²) in [5, 5.41) is 6.07. The van der Waals surface area contributed by atoms with Gasteiger partial charge in [-0.25, -0.2) is 0 Å². The van der Waals surface area contributed by atoms with Gasteiger partial charge in [0.25, 0.3) is 0 Å². The molecule has 0 radical (unpaired) electrons. The molecule has 0 aromatic heterocycles. The fourth-order valence-electron chi connectivity index (χ4n) is 1.40. The largest absolute Gasteiger partial charge is 0.351 e. The molecule has 0 aromatic carbocycles. The molecule has 1 amide bonds. The van der Waals surface area contributed by atoms with Crippen LogP contribution in [0.3, 0.4) is 0 Å². The van der Waals surface area contributed by atoms with Gasteiger partial charge in [0.15, 0.2) is 0 Å². The summed E-state index contributed by atoms with van der Waals surface area (Å²) >= 11 is 0. The first-order valence-corrected chi connectivity index (χ1v) is 4.68. The summed E-state index contributed by atoms with van der Waals surface area (Å²) in [6.07, 6.45) is 2.28. The van der Waals surface area contributed by atoms with E-state index in [0.717, 1.165) is 18.9 Å². The molecule has 70 valence electrons. The minimum absolute atomic E-state index is 0.134. The van der Waals surface area contributed by atoms with Crippen molar-refractivity contribution in [1.82, 2.24) is 10.6 Å². The lowest BCUT2D eigenvalue weighted by Crippen LogP contribution is -2.52. The molecule has 1 saturated heterocycles. The van der Waals surface area contributed by atoms with Gasteiger partial charge in [0.1, 0.15) is 0 Å². The van der Waals surface area contributed by atoms with E-state index in [9.17, 15) is 4.79 Å². The van der Waals surface area contributed by atoms with Crippen LogP contribution in [0.4, 0.5) is 0 Å². The van der Waals surface area contributed by atoms with Crippen molar-refractivity contribution >= 4 is 5.91 Å². The van der Waals surface area contributed by atoms with Gasteiger partial charge in [-0.15, -0.1) is 0 Å². The first kappa shape index (κ1) is 9.52. The van der Waals surface area contributed by atoms with Crippen LogP contribution in [0.5, 0.6) is 0 Å². The molecule has 0 spiro atoms. The summed E-state index contributed by atoms with van der Waals surface area (Å²) in [6.45, 7) is 5.83. The highest BCUT2D eigenvalue weighted by atomic mass is 16.2. The fourth-order valence-corrected chi connectivity index (χ4v) is 1.40. The minimum Gasteiger partial charge on any atom is -0.351 e. The zero-order valence-electron chi connectivity index (χ0n) is 7.89. The average Bonchev–Trinajstić information content (AvgIpc) is 2.01. The molecule has 1 fully saturated rings. The zero-order chi connectivity index (χ0) is 8.97. The maximum atomic E-state index is 10.9. The summed E-state index contributed by atoms with van der Waals surface area (Å²) in [5.41, 5.74) is 0. The standard InChI is InChI=1S/C9H18N2O/c1-7(2)3-4-8-5-10-6-9(12)11-8/h7-8,10H,3-6H2,1-2H3,(H,11,12). The highest BCUT2D eigenvalue weighted by Crippen LogP contribution is 2.07. The summed E-state index contributed by atoms with van der Waals surface area (Å²) < 4.78 is 0. The first-order chi connectivity index (χ1) is 5.68.